The second-order valence-corrected chi connectivity index (χ2v) is 7.17. The summed E-state index contributed by atoms with van der Waals surface area (Å²) in [6.07, 6.45) is -0.180. The molecule has 2 aromatic rings. The highest BCUT2D eigenvalue weighted by atomic mass is 32.2. The summed E-state index contributed by atoms with van der Waals surface area (Å²) in [5, 5.41) is 23.2. The third-order valence-corrected chi connectivity index (χ3v) is 5.28. The van der Waals surface area contributed by atoms with Gasteiger partial charge in [0.05, 0.1) is 37.4 Å². The molecular formula is C18H23N3O4S. The molecular weight excluding hydrogens is 354 g/mol. The summed E-state index contributed by atoms with van der Waals surface area (Å²) >= 11 is 1.49. The summed E-state index contributed by atoms with van der Waals surface area (Å²) in [7, 11) is 1.62. The molecule has 1 aromatic carbocycles. The van der Waals surface area contributed by atoms with Crippen LogP contribution in [0.3, 0.4) is 0 Å². The van der Waals surface area contributed by atoms with Crippen molar-refractivity contribution in [3.8, 4) is 5.75 Å². The fraction of sp³-hybridized carbons (Fsp3) is 0.444. The maximum atomic E-state index is 12.6. The fourth-order valence-corrected chi connectivity index (χ4v) is 3.73. The van der Waals surface area contributed by atoms with Crippen molar-refractivity contribution in [2.75, 3.05) is 26.0 Å². The summed E-state index contributed by atoms with van der Waals surface area (Å²) in [4.78, 5) is 15.5. The Morgan fingerprint density at radius 1 is 1.38 bits per heavy atom. The van der Waals surface area contributed by atoms with Gasteiger partial charge in [0.1, 0.15) is 11.9 Å². The molecule has 0 fully saturated rings. The van der Waals surface area contributed by atoms with Crippen LogP contribution in [-0.4, -0.2) is 56.8 Å². The van der Waals surface area contributed by atoms with Gasteiger partial charge in [-0.05, 0) is 30.7 Å². The van der Waals surface area contributed by atoms with Gasteiger partial charge in [0.25, 0.3) is 0 Å². The van der Waals surface area contributed by atoms with Crippen LogP contribution in [0.1, 0.15) is 23.9 Å². The number of methoxy groups -OCH3 is 1. The van der Waals surface area contributed by atoms with E-state index in [9.17, 15) is 9.90 Å². The van der Waals surface area contributed by atoms with Gasteiger partial charge in [-0.2, -0.15) is 5.10 Å². The molecule has 0 unspecified atom stereocenters. The number of carbonyl (C=O) groups is 1. The zero-order valence-corrected chi connectivity index (χ0v) is 15.5. The lowest BCUT2D eigenvalue weighted by Crippen LogP contribution is -2.32. The lowest BCUT2D eigenvalue weighted by atomic mass is 10.2. The van der Waals surface area contributed by atoms with E-state index in [1.54, 1.807) is 13.2 Å². The number of thioether (sulfide) groups is 1. The average molecular weight is 377 g/mol. The summed E-state index contributed by atoms with van der Waals surface area (Å²) in [5.74, 6) is 1.20. The molecule has 1 aliphatic heterocycles. The number of hydrogen-bond donors (Lipinski definition) is 2. The van der Waals surface area contributed by atoms with Crippen LogP contribution >= 0.6 is 11.8 Å². The van der Waals surface area contributed by atoms with Gasteiger partial charge >= 0.3 is 0 Å². The topological polar surface area (TPSA) is 87.8 Å². The Balaban J connectivity index is 1.63. The number of benzene rings is 1. The van der Waals surface area contributed by atoms with Crippen molar-refractivity contribution in [3.05, 3.63) is 41.7 Å². The van der Waals surface area contributed by atoms with Gasteiger partial charge in [-0.1, -0.05) is 6.07 Å². The molecule has 0 saturated heterocycles. The molecule has 1 atom stereocenters. The quantitative estimate of drug-likeness (QED) is 0.741. The zero-order valence-electron chi connectivity index (χ0n) is 14.7. The van der Waals surface area contributed by atoms with E-state index in [1.807, 2.05) is 33.8 Å². The molecule has 7 nitrogen and oxygen atoms in total. The van der Waals surface area contributed by atoms with Crippen molar-refractivity contribution in [2.45, 2.75) is 30.5 Å². The van der Waals surface area contributed by atoms with Crippen molar-refractivity contribution >= 4 is 17.7 Å². The van der Waals surface area contributed by atoms with Gasteiger partial charge in [0.15, 0.2) is 0 Å². The van der Waals surface area contributed by atoms with Crippen LogP contribution in [0.2, 0.25) is 0 Å². The van der Waals surface area contributed by atoms with E-state index in [1.165, 1.54) is 11.8 Å². The average Bonchev–Trinajstić information content (AvgIpc) is 2.97. The summed E-state index contributed by atoms with van der Waals surface area (Å²) < 4.78 is 7.02. The lowest BCUT2D eigenvalue weighted by molar-refractivity contribution is -0.128. The first-order valence-corrected chi connectivity index (χ1v) is 9.49. The summed E-state index contributed by atoms with van der Waals surface area (Å²) in [6, 6.07) is 9.42. The van der Waals surface area contributed by atoms with Crippen LogP contribution in [0.15, 0.2) is 35.2 Å². The Bertz CT molecular complexity index is 765. The number of rotatable bonds is 6. The molecule has 2 N–H and O–H groups in total. The number of carbonyl (C=O) groups excluding carboxylic acids is 1. The monoisotopic (exact) mass is 377 g/mol. The minimum Gasteiger partial charge on any atom is -0.497 e. The van der Waals surface area contributed by atoms with Crippen LogP contribution in [-0.2, 0) is 17.9 Å². The van der Waals surface area contributed by atoms with E-state index in [0.29, 0.717) is 31.1 Å². The molecule has 1 aromatic heterocycles. The van der Waals surface area contributed by atoms with E-state index in [-0.39, 0.29) is 12.5 Å². The Morgan fingerprint density at radius 2 is 2.23 bits per heavy atom. The van der Waals surface area contributed by atoms with E-state index >= 15 is 0 Å². The Hall–Kier alpha value is -2.03. The molecule has 0 bridgehead atoms. The van der Waals surface area contributed by atoms with Gasteiger partial charge in [0.2, 0.25) is 5.91 Å². The van der Waals surface area contributed by atoms with Crippen LogP contribution in [0, 0.1) is 0 Å². The number of aryl methyl sites for hydroxylation is 1. The molecule has 140 valence electrons. The Labute approximate surface area is 156 Å². The Kier molecular flexibility index (Phi) is 6.18. The molecule has 1 amide bonds. The van der Waals surface area contributed by atoms with Gasteiger partial charge < -0.3 is 19.8 Å². The smallest absolute Gasteiger partial charge is 0.233 e. The lowest BCUT2D eigenvalue weighted by Gasteiger charge is -2.19. The fourth-order valence-electron chi connectivity index (χ4n) is 2.88. The molecule has 26 heavy (non-hydrogen) atoms. The first kappa shape index (κ1) is 18.8. The first-order chi connectivity index (χ1) is 12.6. The van der Waals surface area contributed by atoms with Crippen LogP contribution in [0.4, 0.5) is 0 Å². The standard InChI is InChI=1S/C18H23N3O4S/c1-25-14-4-2-5-15(9-14)26-12-18(24)20-6-3-7-21-13(10-20)8-16(19-21)17(23)11-22/h2,4-5,8-9,17,22-23H,3,6-7,10-12H2,1H3/t17-/m0/s1. The highest BCUT2D eigenvalue weighted by Gasteiger charge is 2.22. The second kappa shape index (κ2) is 8.57. The molecule has 8 heteroatoms. The van der Waals surface area contributed by atoms with E-state index in [0.717, 1.165) is 22.8 Å². The predicted molar refractivity (Wildman–Crippen MR) is 98.0 cm³/mol. The number of ether oxygens (including phenoxy) is 1. The summed E-state index contributed by atoms with van der Waals surface area (Å²) in [6.45, 7) is 1.47. The molecule has 3 rings (SSSR count). The minimum atomic E-state index is -0.984. The van der Waals surface area contributed by atoms with E-state index in [2.05, 4.69) is 5.10 Å². The zero-order chi connectivity index (χ0) is 18.5. The third kappa shape index (κ3) is 4.38. The van der Waals surface area contributed by atoms with Gasteiger partial charge in [0, 0.05) is 18.0 Å². The van der Waals surface area contributed by atoms with Crippen molar-refractivity contribution in [3.63, 3.8) is 0 Å². The highest BCUT2D eigenvalue weighted by Crippen LogP contribution is 2.24. The van der Waals surface area contributed by atoms with Crippen molar-refractivity contribution < 1.29 is 19.7 Å². The first-order valence-electron chi connectivity index (χ1n) is 8.51. The molecule has 2 heterocycles. The minimum absolute atomic E-state index is 0.0664. The molecule has 0 spiro atoms. The number of fused-ring (bicyclic) bond motifs is 1. The summed E-state index contributed by atoms with van der Waals surface area (Å²) in [5.41, 5.74) is 1.33. The van der Waals surface area contributed by atoms with Crippen LogP contribution < -0.4 is 4.74 Å². The largest absolute Gasteiger partial charge is 0.497 e. The maximum absolute atomic E-state index is 12.6. The number of aliphatic hydroxyl groups is 2. The number of hydrogen-bond acceptors (Lipinski definition) is 6. The molecule has 0 radical (unpaired) electrons. The van der Waals surface area contributed by atoms with E-state index < -0.39 is 6.10 Å². The number of nitrogens with zero attached hydrogens (tertiary/aromatic N) is 3. The Morgan fingerprint density at radius 3 is 3.00 bits per heavy atom. The molecule has 1 aliphatic rings. The SMILES string of the molecule is COc1cccc(SCC(=O)N2CCCn3nc([C@@H](O)CO)cc3C2)c1. The maximum Gasteiger partial charge on any atom is 0.233 e. The number of aromatic nitrogens is 2. The van der Waals surface area contributed by atoms with Gasteiger partial charge in [-0.15, -0.1) is 11.8 Å². The normalized spacial score (nSPS) is 15.3. The predicted octanol–water partition coefficient (Wildman–Crippen LogP) is 1.44. The van der Waals surface area contributed by atoms with Crippen molar-refractivity contribution in [1.82, 2.24) is 14.7 Å². The second-order valence-electron chi connectivity index (χ2n) is 6.12. The van der Waals surface area contributed by atoms with Crippen LogP contribution in [0.5, 0.6) is 5.75 Å². The van der Waals surface area contributed by atoms with Crippen molar-refractivity contribution in [1.29, 1.82) is 0 Å². The van der Waals surface area contributed by atoms with Crippen molar-refractivity contribution in [2.24, 2.45) is 0 Å². The van der Waals surface area contributed by atoms with Crippen LogP contribution in [0.25, 0.3) is 0 Å². The molecule has 0 saturated carbocycles. The highest BCUT2D eigenvalue weighted by molar-refractivity contribution is 8.00. The third-order valence-electron chi connectivity index (χ3n) is 4.30. The molecule has 0 aliphatic carbocycles. The van der Waals surface area contributed by atoms with E-state index in [4.69, 9.17) is 9.84 Å². The number of amides is 1. The van der Waals surface area contributed by atoms with Gasteiger partial charge in [-0.3, -0.25) is 9.48 Å². The van der Waals surface area contributed by atoms with Gasteiger partial charge in [-0.25, -0.2) is 0 Å². The number of aliphatic hydroxyl groups excluding tert-OH is 2.